The van der Waals surface area contributed by atoms with Crippen LogP contribution in [0.4, 0.5) is 5.69 Å². The molecule has 0 unspecified atom stereocenters. The van der Waals surface area contributed by atoms with E-state index in [2.05, 4.69) is 20.8 Å². The molecule has 0 spiro atoms. The summed E-state index contributed by atoms with van der Waals surface area (Å²) in [4.78, 5) is 12.2. The Labute approximate surface area is 173 Å². The number of nitrogens with one attached hydrogen (secondary N) is 1. The lowest BCUT2D eigenvalue weighted by Crippen LogP contribution is -2.20. The third-order valence-electron chi connectivity index (χ3n) is 4.20. The lowest BCUT2D eigenvalue weighted by molar-refractivity contribution is -0.118. The van der Waals surface area contributed by atoms with E-state index in [1.807, 2.05) is 37.3 Å². The number of carbonyl (C=O) groups excluding carboxylic acids is 1. The molecule has 0 fully saturated rings. The van der Waals surface area contributed by atoms with Gasteiger partial charge in [0.1, 0.15) is 23.6 Å². The molecule has 0 bridgehead atoms. The van der Waals surface area contributed by atoms with Crippen LogP contribution in [0.5, 0.6) is 17.2 Å². The van der Waals surface area contributed by atoms with Crippen LogP contribution < -0.4 is 14.8 Å². The van der Waals surface area contributed by atoms with Gasteiger partial charge in [-0.2, -0.15) is 0 Å². The molecule has 1 heterocycles. The highest BCUT2D eigenvalue weighted by Crippen LogP contribution is 2.23. The van der Waals surface area contributed by atoms with Crippen molar-refractivity contribution in [2.45, 2.75) is 6.92 Å². The monoisotopic (exact) mass is 401 g/mol. The summed E-state index contributed by atoms with van der Waals surface area (Å²) in [6, 6.07) is 22.1. The third kappa shape index (κ3) is 4.99. The Bertz CT molecular complexity index is 1110. The van der Waals surface area contributed by atoms with Crippen LogP contribution in [0.2, 0.25) is 0 Å². The van der Waals surface area contributed by atoms with Gasteiger partial charge in [0.2, 0.25) is 0 Å². The number of ether oxygens (including phenoxy) is 2. The summed E-state index contributed by atoms with van der Waals surface area (Å²) in [6.45, 7) is 1.90. The predicted octanol–water partition coefficient (Wildman–Crippen LogP) is 3.78. The van der Waals surface area contributed by atoms with E-state index in [9.17, 15) is 4.79 Å². The number of hydrogen-bond donors (Lipinski definition) is 1. The molecule has 0 aliphatic rings. The van der Waals surface area contributed by atoms with Crippen molar-refractivity contribution in [2.75, 3.05) is 11.9 Å². The Morgan fingerprint density at radius 1 is 0.967 bits per heavy atom. The van der Waals surface area contributed by atoms with E-state index in [4.69, 9.17) is 9.47 Å². The molecular formula is C22H19N5O3. The van der Waals surface area contributed by atoms with E-state index >= 15 is 0 Å². The summed E-state index contributed by atoms with van der Waals surface area (Å²) in [7, 11) is 0. The smallest absolute Gasteiger partial charge is 0.262 e. The van der Waals surface area contributed by atoms with Gasteiger partial charge in [-0.25, -0.2) is 4.68 Å². The molecule has 0 aliphatic carbocycles. The maximum atomic E-state index is 12.2. The highest BCUT2D eigenvalue weighted by molar-refractivity contribution is 5.91. The number of nitrogens with zero attached hydrogens (tertiary/aromatic N) is 4. The molecule has 0 saturated heterocycles. The minimum absolute atomic E-state index is 0.124. The standard InChI is InChI=1S/C22H19N5O3/c1-16-5-9-19(10-6-16)30-20-11-7-17(8-12-20)24-22(28)14-29-21-4-2-3-18(13-21)27-15-23-25-26-27/h2-13,15H,14H2,1H3,(H,24,28). The number of aromatic nitrogens is 4. The molecule has 0 aliphatic heterocycles. The van der Waals surface area contributed by atoms with Crippen LogP contribution in [0.1, 0.15) is 5.56 Å². The minimum Gasteiger partial charge on any atom is -0.484 e. The Balaban J connectivity index is 1.30. The van der Waals surface area contributed by atoms with Gasteiger partial charge in [0, 0.05) is 11.8 Å². The van der Waals surface area contributed by atoms with Gasteiger partial charge in [-0.05, 0) is 65.9 Å². The van der Waals surface area contributed by atoms with E-state index in [1.165, 1.54) is 16.6 Å². The quantitative estimate of drug-likeness (QED) is 0.507. The van der Waals surface area contributed by atoms with Crippen molar-refractivity contribution >= 4 is 11.6 Å². The first-order valence-electron chi connectivity index (χ1n) is 9.26. The van der Waals surface area contributed by atoms with Crippen LogP contribution in [0.15, 0.2) is 79.1 Å². The number of rotatable bonds is 7. The first kappa shape index (κ1) is 19.1. The summed E-state index contributed by atoms with van der Waals surface area (Å²) in [6.07, 6.45) is 1.48. The first-order valence-corrected chi connectivity index (χ1v) is 9.26. The lowest BCUT2D eigenvalue weighted by Gasteiger charge is -2.10. The Hall–Kier alpha value is -4.20. The van der Waals surface area contributed by atoms with Crippen molar-refractivity contribution in [3.05, 3.63) is 84.7 Å². The molecule has 4 aromatic rings. The molecule has 3 aromatic carbocycles. The number of aryl methyl sites for hydroxylation is 1. The zero-order valence-electron chi connectivity index (χ0n) is 16.2. The van der Waals surface area contributed by atoms with E-state index in [0.717, 1.165) is 11.4 Å². The Morgan fingerprint density at radius 2 is 1.70 bits per heavy atom. The van der Waals surface area contributed by atoms with Gasteiger partial charge in [0.05, 0.1) is 5.69 Å². The summed E-state index contributed by atoms with van der Waals surface area (Å²) >= 11 is 0. The summed E-state index contributed by atoms with van der Waals surface area (Å²) in [5, 5.41) is 13.8. The third-order valence-corrected chi connectivity index (χ3v) is 4.20. The highest BCUT2D eigenvalue weighted by atomic mass is 16.5. The minimum atomic E-state index is -0.268. The van der Waals surface area contributed by atoms with Crippen molar-refractivity contribution in [1.82, 2.24) is 20.2 Å². The van der Waals surface area contributed by atoms with Gasteiger partial charge in [-0.15, -0.1) is 5.10 Å². The number of carbonyl (C=O) groups is 1. The molecule has 1 aromatic heterocycles. The van der Waals surface area contributed by atoms with Crippen LogP contribution in [0.25, 0.3) is 5.69 Å². The van der Waals surface area contributed by atoms with E-state index in [0.29, 0.717) is 17.2 Å². The molecule has 4 rings (SSSR count). The summed E-state index contributed by atoms with van der Waals surface area (Å²) < 4.78 is 12.9. The van der Waals surface area contributed by atoms with Crippen molar-refractivity contribution in [2.24, 2.45) is 0 Å². The molecule has 1 N–H and O–H groups in total. The fourth-order valence-corrected chi connectivity index (χ4v) is 2.69. The largest absolute Gasteiger partial charge is 0.484 e. The second kappa shape index (κ2) is 8.87. The number of amides is 1. The first-order chi connectivity index (χ1) is 14.7. The van der Waals surface area contributed by atoms with Gasteiger partial charge in [-0.1, -0.05) is 23.8 Å². The summed E-state index contributed by atoms with van der Waals surface area (Å²) in [5.74, 6) is 1.72. The topological polar surface area (TPSA) is 91.2 Å². The zero-order chi connectivity index (χ0) is 20.8. The molecule has 1 amide bonds. The normalized spacial score (nSPS) is 10.4. The molecule has 0 radical (unpaired) electrons. The van der Waals surface area contributed by atoms with Crippen LogP contribution in [0, 0.1) is 6.92 Å². The van der Waals surface area contributed by atoms with Gasteiger partial charge in [-0.3, -0.25) is 4.79 Å². The predicted molar refractivity (Wildman–Crippen MR) is 111 cm³/mol. The van der Waals surface area contributed by atoms with Gasteiger partial charge in [0.15, 0.2) is 6.61 Å². The van der Waals surface area contributed by atoms with Crippen LogP contribution in [0.3, 0.4) is 0 Å². The van der Waals surface area contributed by atoms with Crippen LogP contribution in [-0.4, -0.2) is 32.7 Å². The van der Waals surface area contributed by atoms with Crippen molar-refractivity contribution in [1.29, 1.82) is 0 Å². The molecule has 0 atom stereocenters. The molecule has 8 heteroatoms. The highest BCUT2D eigenvalue weighted by Gasteiger charge is 2.06. The number of anilines is 1. The SMILES string of the molecule is Cc1ccc(Oc2ccc(NC(=O)COc3cccc(-n4cnnn4)c3)cc2)cc1. The molecule has 30 heavy (non-hydrogen) atoms. The van der Waals surface area contributed by atoms with Gasteiger partial charge < -0.3 is 14.8 Å². The summed E-state index contributed by atoms with van der Waals surface area (Å²) in [5.41, 5.74) is 2.56. The van der Waals surface area contributed by atoms with Crippen LogP contribution >= 0.6 is 0 Å². The fraction of sp³-hybridized carbons (Fsp3) is 0.0909. The second-order valence-electron chi connectivity index (χ2n) is 6.53. The molecule has 150 valence electrons. The van der Waals surface area contributed by atoms with Crippen LogP contribution in [-0.2, 0) is 4.79 Å². The van der Waals surface area contributed by atoms with Crippen molar-refractivity contribution in [3.63, 3.8) is 0 Å². The number of benzene rings is 3. The average molecular weight is 401 g/mol. The molecule has 0 saturated carbocycles. The second-order valence-corrected chi connectivity index (χ2v) is 6.53. The van der Waals surface area contributed by atoms with Gasteiger partial charge in [0.25, 0.3) is 5.91 Å². The van der Waals surface area contributed by atoms with E-state index in [1.54, 1.807) is 42.5 Å². The van der Waals surface area contributed by atoms with Crippen molar-refractivity contribution < 1.29 is 14.3 Å². The number of hydrogen-bond acceptors (Lipinski definition) is 6. The average Bonchev–Trinajstić information content (AvgIpc) is 3.31. The zero-order valence-corrected chi connectivity index (χ0v) is 16.2. The number of tetrazole rings is 1. The Kier molecular flexibility index (Phi) is 5.66. The van der Waals surface area contributed by atoms with Gasteiger partial charge >= 0.3 is 0 Å². The van der Waals surface area contributed by atoms with E-state index < -0.39 is 0 Å². The lowest BCUT2D eigenvalue weighted by atomic mass is 10.2. The van der Waals surface area contributed by atoms with E-state index in [-0.39, 0.29) is 12.5 Å². The Morgan fingerprint density at radius 3 is 2.40 bits per heavy atom. The maximum absolute atomic E-state index is 12.2. The molecular weight excluding hydrogens is 382 g/mol. The fourth-order valence-electron chi connectivity index (χ4n) is 2.69. The maximum Gasteiger partial charge on any atom is 0.262 e. The van der Waals surface area contributed by atoms with Crippen molar-refractivity contribution in [3.8, 4) is 22.9 Å². The molecule has 8 nitrogen and oxygen atoms in total.